The zero-order valence-corrected chi connectivity index (χ0v) is 23.9. The fraction of sp³-hybridized carbons (Fsp3) is 0.286. The van der Waals surface area contributed by atoms with Gasteiger partial charge in [0.25, 0.3) is 5.91 Å². The Morgan fingerprint density at radius 3 is 2.31 bits per heavy atom. The van der Waals surface area contributed by atoms with Crippen molar-refractivity contribution in [3.8, 4) is 5.75 Å². The Kier molecular flexibility index (Phi) is 10.9. The van der Waals surface area contributed by atoms with Crippen molar-refractivity contribution in [3.05, 3.63) is 97.5 Å². The van der Waals surface area contributed by atoms with Crippen LogP contribution in [0.25, 0.3) is 0 Å². The van der Waals surface area contributed by atoms with E-state index in [0.717, 1.165) is 21.1 Å². The van der Waals surface area contributed by atoms with E-state index in [1.807, 2.05) is 68.4 Å². The highest BCUT2D eigenvalue weighted by atomic mass is 127. The van der Waals surface area contributed by atoms with Gasteiger partial charge in [-0.05, 0) is 83.5 Å². The van der Waals surface area contributed by atoms with Crippen LogP contribution >= 0.6 is 45.8 Å². The second kappa shape index (κ2) is 13.9. The summed E-state index contributed by atoms with van der Waals surface area (Å²) in [5.41, 5.74) is 1.72. The SMILES string of the molecule is CCC(C)NC(=O)C(Cc1ccccc1)N(Cc1ccc(Cl)c(Cl)c1)C(=O)COc1ccc(I)cc1. The number of nitrogens with zero attached hydrogens (tertiary/aromatic N) is 1. The van der Waals surface area contributed by atoms with Crippen LogP contribution in [0.1, 0.15) is 31.4 Å². The molecule has 1 N–H and O–H groups in total. The number of rotatable bonds is 11. The van der Waals surface area contributed by atoms with Gasteiger partial charge >= 0.3 is 0 Å². The van der Waals surface area contributed by atoms with Gasteiger partial charge in [-0.25, -0.2) is 0 Å². The maximum Gasteiger partial charge on any atom is 0.261 e. The predicted octanol–water partition coefficient (Wildman–Crippen LogP) is 6.53. The lowest BCUT2D eigenvalue weighted by molar-refractivity contribution is -0.143. The summed E-state index contributed by atoms with van der Waals surface area (Å²) >= 11 is 14.6. The van der Waals surface area contributed by atoms with E-state index in [-0.39, 0.29) is 31.0 Å². The van der Waals surface area contributed by atoms with Crippen LogP contribution in [0.4, 0.5) is 0 Å². The molecule has 2 amide bonds. The Balaban J connectivity index is 1.92. The number of hydrogen-bond acceptors (Lipinski definition) is 3. The van der Waals surface area contributed by atoms with Crippen molar-refractivity contribution in [2.24, 2.45) is 0 Å². The molecule has 2 unspecified atom stereocenters. The van der Waals surface area contributed by atoms with E-state index in [2.05, 4.69) is 27.9 Å². The van der Waals surface area contributed by atoms with E-state index in [1.165, 1.54) is 0 Å². The first-order valence-corrected chi connectivity index (χ1v) is 13.6. The van der Waals surface area contributed by atoms with Crippen molar-refractivity contribution in [2.45, 2.75) is 45.3 Å². The second-order valence-electron chi connectivity index (χ2n) is 8.54. The van der Waals surface area contributed by atoms with Crippen LogP contribution in [0.5, 0.6) is 5.75 Å². The molecule has 0 bridgehead atoms. The summed E-state index contributed by atoms with van der Waals surface area (Å²) in [5.74, 6) is 0.0673. The molecule has 2 atom stereocenters. The van der Waals surface area contributed by atoms with Gasteiger partial charge in [0.05, 0.1) is 10.0 Å². The Morgan fingerprint density at radius 2 is 1.67 bits per heavy atom. The highest BCUT2D eigenvalue weighted by Crippen LogP contribution is 2.24. The van der Waals surface area contributed by atoms with Crippen molar-refractivity contribution in [1.82, 2.24) is 10.2 Å². The number of halogens is 3. The number of nitrogens with one attached hydrogen (secondary N) is 1. The normalized spacial score (nSPS) is 12.5. The second-order valence-corrected chi connectivity index (χ2v) is 10.6. The highest BCUT2D eigenvalue weighted by Gasteiger charge is 2.31. The fourth-order valence-electron chi connectivity index (χ4n) is 3.59. The molecule has 0 saturated carbocycles. The third-order valence-corrected chi connectivity index (χ3v) is 7.24. The van der Waals surface area contributed by atoms with Crippen molar-refractivity contribution in [3.63, 3.8) is 0 Å². The summed E-state index contributed by atoms with van der Waals surface area (Å²) in [5, 5.41) is 3.87. The lowest BCUT2D eigenvalue weighted by atomic mass is 10.0. The molecule has 0 aromatic heterocycles. The molecule has 0 aliphatic carbocycles. The first-order valence-electron chi connectivity index (χ1n) is 11.7. The molecule has 0 aliphatic heterocycles. The maximum atomic E-state index is 13.6. The Morgan fingerprint density at radius 1 is 0.972 bits per heavy atom. The van der Waals surface area contributed by atoms with Crippen molar-refractivity contribution >= 4 is 57.6 Å². The average molecular weight is 639 g/mol. The molecule has 0 fully saturated rings. The lowest BCUT2D eigenvalue weighted by Gasteiger charge is -2.32. The molecule has 0 radical (unpaired) electrons. The van der Waals surface area contributed by atoms with Gasteiger partial charge in [0.15, 0.2) is 6.61 Å². The summed E-state index contributed by atoms with van der Waals surface area (Å²) in [7, 11) is 0. The molecule has 0 heterocycles. The fourth-order valence-corrected chi connectivity index (χ4v) is 4.27. The van der Waals surface area contributed by atoms with E-state index >= 15 is 0 Å². The monoisotopic (exact) mass is 638 g/mol. The number of carbonyl (C=O) groups excluding carboxylic acids is 2. The Hall–Kier alpha value is -2.29. The third kappa shape index (κ3) is 8.39. The van der Waals surface area contributed by atoms with E-state index < -0.39 is 6.04 Å². The van der Waals surface area contributed by atoms with Crippen molar-refractivity contribution in [2.75, 3.05) is 6.61 Å². The van der Waals surface area contributed by atoms with Crippen LogP contribution in [-0.2, 0) is 22.6 Å². The van der Waals surface area contributed by atoms with Crippen LogP contribution in [0.3, 0.4) is 0 Å². The van der Waals surface area contributed by atoms with Crippen molar-refractivity contribution in [1.29, 1.82) is 0 Å². The van der Waals surface area contributed by atoms with Crippen LogP contribution in [0.15, 0.2) is 72.8 Å². The highest BCUT2D eigenvalue weighted by molar-refractivity contribution is 14.1. The Bertz CT molecular complexity index is 1160. The number of hydrogen-bond donors (Lipinski definition) is 1. The molecule has 0 spiro atoms. The van der Waals surface area contributed by atoms with E-state index in [1.54, 1.807) is 23.1 Å². The van der Waals surface area contributed by atoms with E-state index in [9.17, 15) is 9.59 Å². The summed E-state index contributed by atoms with van der Waals surface area (Å²) in [4.78, 5) is 28.6. The molecular formula is C28H29Cl2IN2O3. The van der Waals surface area contributed by atoms with E-state index in [0.29, 0.717) is 22.2 Å². The molecule has 36 heavy (non-hydrogen) atoms. The van der Waals surface area contributed by atoms with Crippen LogP contribution < -0.4 is 10.1 Å². The van der Waals surface area contributed by atoms with Crippen LogP contribution in [0, 0.1) is 3.57 Å². The molecule has 3 rings (SSSR count). The predicted molar refractivity (Wildman–Crippen MR) is 153 cm³/mol. The maximum absolute atomic E-state index is 13.6. The van der Waals surface area contributed by atoms with Gasteiger partial charge < -0.3 is 15.0 Å². The quantitative estimate of drug-likeness (QED) is 0.243. The topological polar surface area (TPSA) is 58.6 Å². The zero-order chi connectivity index (χ0) is 26.1. The number of benzene rings is 3. The largest absolute Gasteiger partial charge is 0.484 e. The van der Waals surface area contributed by atoms with Crippen molar-refractivity contribution < 1.29 is 14.3 Å². The zero-order valence-electron chi connectivity index (χ0n) is 20.2. The summed E-state index contributed by atoms with van der Waals surface area (Å²) in [6.07, 6.45) is 1.14. The first kappa shape index (κ1) is 28.3. The molecule has 3 aromatic rings. The van der Waals surface area contributed by atoms with Crippen LogP contribution in [-0.4, -0.2) is 35.4 Å². The van der Waals surface area contributed by atoms with Gasteiger partial charge in [0.1, 0.15) is 11.8 Å². The minimum Gasteiger partial charge on any atom is -0.484 e. The smallest absolute Gasteiger partial charge is 0.261 e. The van der Waals surface area contributed by atoms with Gasteiger partial charge in [-0.3, -0.25) is 9.59 Å². The molecule has 3 aromatic carbocycles. The lowest BCUT2D eigenvalue weighted by Crippen LogP contribution is -2.53. The molecule has 0 saturated heterocycles. The summed E-state index contributed by atoms with van der Waals surface area (Å²) in [6, 6.07) is 21.6. The molecule has 0 aliphatic rings. The number of carbonyl (C=O) groups is 2. The first-order chi connectivity index (χ1) is 17.3. The number of amides is 2. The minimum atomic E-state index is -0.747. The number of ether oxygens (including phenoxy) is 1. The standard InChI is InChI=1S/C28H29Cl2IN2O3/c1-3-19(2)32-28(35)26(16-20-7-5-4-6-8-20)33(17-21-9-14-24(29)25(30)15-21)27(34)18-36-23-12-10-22(31)11-13-23/h4-15,19,26H,3,16-18H2,1-2H3,(H,32,35). The summed E-state index contributed by atoms with van der Waals surface area (Å²) < 4.78 is 6.86. The van der Waals surface area contributed by atoms with E-state index in [4.69, 9.17) is 27.9 Å². The molecular weight excluding hydrogens is 610 g/mol. The van der Waals surface area contributed by atoms with Gasteiger partial charge in [-0.15, -0.1) is 0 Å². The van der Waals surface area contributed by atoms with Gasteiger partial charge in [-0.1, -0.05) is 66.5 Å². The molecule has 5 nitrogen and oxygen atoms in total. The average Bonchev–Trinajstić information content (AvgIpc) is 2.88. The Labute approximate surface area is 236 Å². The van der Waals surface area contributed by atoms with Gasteiger partial charge in [0.2, 0.25) is 5.91 Å². The molecule has 190 valence electrons. The van der Waals surface area contributed by atoms with Gasteiger partial charge in [-0.2, -0.15) is 0 Å². The summed E-state index contributed by atoms with van der Waals surface area (Å²) in [6.45, 7) is 3.92. The van der Waals surface area contributed by atoms with Gasteiger partial charge in [0, 0.05) is 22.6 Å². The molecule has 8 heteroatoms. The van der Waals surface area contributed by atoms with Crippen LogP contribution in [0.2, 0.25) is 10.0 Å². The minimum absolute atomic E-state index is 0.0271. The third-order valence-electron chi connectivity index (χ3n) is 5.79.